The van der Waals surface area contributed by atoms with Gasteiger partial charge in [0.05, 0.1) is 0 Å². The van der Waals surface area contributed by atoms with E-state index in [1.54, 1.807) is 16.7 Å². The van der Waals surface area contributed by atoms with Crippen LogP contribution < -0.4 is 0 Å². The highest BCUT2D eigenvalue weighted by atomic mass is 14.3. The fourth-order valence-electron chi connectivity index (χ4n) is 3.66. The minimum atomic E-state index is 0.782. The zero-order chi connectivity index (χ0) is 11.2. The molecule has 0 saturated heterocycles. The Kier molecular flexibility index (Phi) is 1.93. The second-order valence-corrected chi connectivity index (χ2v) is 5.33. The minimum absolute atomic E-state index is 0.782. The summed E-state index contributed by atoms with van der Waals surface area (Å²) in [5.74, 6) is 0.782. The first-order valence-electron chi connectivity index (χ1n) is 6.63. The fourth-order valence-corrected chi connectivity index (χ4v) is 3.66. The Morgan fingerprint density at radius 2 is 1.65 bits per heavy atom. The van der Waals surface area contributed by atoms with Crippen LogP contribution in [0.25, 0.3) is 11.1 Å². The smallest absolute Gasteiger partial charge is 0.0112 e. The SMILES string of the molecule is c1ccc2c(c1)CC1CCCc3cccc-2c31. The van der Waals surface area contributed by atoms with Crippen LogP contribution in [0.1, 0.15) is 35.4 Å². The van der Waals surface area contributed by atoms with Crippen molar-refractivity contribution in [2.24, 2.45) is 0 Å². The number of fused-ring (bicyclic) bond motifs is 2. The van der Waals surface area contributed by atoms with E-state index in [1.807, 2.05) is 0 Å². The molecule has 2 aromatic carbocycles. The van der Waals surface area contributed by atoms with Crippen molar-refractivity contribution in [3.05, 3.63) is 59.2 Å². The zero-order valence-corrected chi connectivity index (χ0v) is 9.95. The quantitative estimate of drug-likeness (QED) is 0.620. The summed E-state index contributed by atoms with van der Waals surface area (Å²) in [6, 6.07) is 15.8. The molecule has 0 spiro atoms. The van der Waals surface area contributed by atoms with Crippen molar-refractivity contribution in [3.63, 3.8) is 0 Å². The molecule has 1 unspecified atom stereocenters. The lowest BCUT2D eigenvalue weighted by molar-refractivity contribution is 0.546. The standard InChI is InChI=1S/C17H16/c1-2-9-15-13(5-1)11-14-8-3-6-12-7-4-10-16(15)17(12)14/h1-2,4-5,7,9-10,14H,3,6,8,11H2. The van der Waals surface area contributed by atoms with Gasteiger partial charge in [0, 0.05) is 0 Å². The van der Waals surface area contributed by atoms with Crippen LogP contribution in [0.4, 0.5) is 0 Å². The van der Waals surface area contributed by atoms with E-state index in [4.69, 9.17) is 0 Å². The molecular formula is C17H16. The van der Waals surface area contributed by atoms with Gasteiger partial charge in [-0.15, -0.1) is 0 Å². The number of rotatable bonds is 0. The van der Waals surface area contributed by atoms with Crippen molar-refractivity contribution >= 4 is 0 Å². The largest absolute Gasteiger partial charge is 0.0620 e. The normalized spacial score (nSPS) is 20.6. The van der Waals surface area contributed by atoms with Gasteiger partial charge in [0.2, 0.25) is 0 Å². The number of benzene rings is 2. The van der Waals surface area contributed by atoms with Crippen molar-refractivity contribution in [1.29, 1.82) is 0 Å². The van der Waals surface area contributed by atoms with E-state index in [0.717, 1.165) is 5.92 Å². The molecule has 0 aromatic heterocycles. The summed E-state index contributed by atoms with van der Waals surface area (Å²) >= 11 is 0. The third-order valence-corrected chi connectivity index (χ3v) is 4.38. The summed E-state index contributed by atoms with van der Waals surface area (Å²) in [7, 11) is 0. The average Bonchev–Trinajstić information content (AvgIpc) is 2.39. The molecule has 0 N–H and O–H groups in total. The third kappa shape index (κ3) is 1.30. The average molecular weight is 220 g/mol. The lowest BCUT2D eigenvalue weighted by atomic mass is 9.71. The van der Waals surface area contributed by atoms with Crippen LogP contribution in [0.3, 0.4) is 0 Å². The third-order valence-electron chi connectivity index (χ3n) is 4.38. The van der Waals surface area contributed by atoms with Crippen molar-refractivity contribution in [2.75, 3.05) is 0 Å². The molecule has 84 valence electrons. The molecule has 0 radical (unpaired) electrons. The van der Waals surface area contributed by atoms with Crippen molar-refractivity contribution in [3.8, 4) is 11.1 Å². The van der Waals surface area contributed by atoms with Gasteiger partial charge in [-0.1, -0.05) is 42.5 Å². The van der Waals surface area contributed by atoms with Gasteiger partial charge in [0.15, 0.2) is 0 Å². The van der Waals surface area contributed by atoms with Crippen LogP contribution in [0, 0.1) is 0 Å². The van der Waals surface area contributed by atoms with E-state index in [1.165, 1.54) is 36.8 Å². The highest BCUT2D eigenvalue weighted by Gasteiger charge is 2.28. The molecule has 2 aromatic rings. The Hall–Kier alpha value is -1.56. The summed E-state index contributed by atoms with van der Waals surface area (Å²) in [4.78, 5) is 0. The topological polar surface area (TPSA) is 0 Å². The van der Waals surface area contributed by atoms with Crippen LogP contribution >= 0.6 is 0 Å². The van der Waals surface area contributed by atoms with Crippen molar-refractivity contribution in [2.45, 2.75) is 31.6 Å². The lowest BCUT2D eigenvalue weighted by Crippen LogP contribution is -2.17. The first-order valence-corrected chi connectivity index (χ1v) is 6.63. The van der Waals surface area contributed by atoms with E-state index in [-0.39, 0.29) is 0 Å². The maximum atomic E-state index is 2.33. The van der Waals surface area contributed by atoms with Gasteiger partial charge >= 0.3 is 0 Å². The summed E-state index contributed by atoms with van der Waals surface area (Å²) in [6.45, 7) is 0. The van der Waals surface area contributed by atoms with Gasteiger partial charge in [-0.3, -0.25) is 0 Å². The first-order chi connectivity index (χ1) is 8.43. The van der Waals surface area contributed by atoms with E-state index in [0.29, 0.717) is 0 Å². The zero-order valence-electron chi connectivity index (χ0n) is 9.95. The van der Waals surface area contributed by atoms with Crippen LogP contribution in [0.5, 0.6) is 0 Å². The summed E-state index contributed by atoms with van der Waals surface area (Å²) in [5.41, 5.74) is 7.80. The molecule has 2 aliphatic rings. The van der Waals surface area contributed by atoms with Gasteiger partial charge in [-0.25, -0.2) is 0 Å². The van der Waals surface area contributed by atoms with E-state index >= 15 is 0 Å². The highest BCUT2D eigenvalue weighted by Crippen LogP contribution is 2.45. The Labute approximate surface area is 102 Å². The van der Waals surface area contributed by atoms with Gasteiger partial charge in [0.1, 0.15) is 0 Å². The van der Waals surface area contributed by atoms with Crippen LogP contribution in [-0.4, -0.2) is 0 Å². The van der Waals surface area contributed by atoms with Crippen molar-refractivity contribution < 1.29 is 0 Å². The number of hydrogen-bond acceptors (Lipinski definition) is 0. The van der Waals surface area contributed by atoms with Crippen LogP contribution in [0.15, 0.2) is 42.5 Å². The van der Waals surface area contributed by atoms with E-state index in [9.17, 15) is 0 Å². The Bertz CT molecular complexity index is 580. The van der Waals surface area contributed by atoms with Gasteiger partial charge in [-0.2, -0.15) is 0 Å². The molecule has 0 aliphatic heterocycles. The number of aryl methyl sites for hydroxylation is 1. The molecule has 0 nitrogen and oxygen atoms in total. The Morgan fingerprint density at radius 1 is 0.824 bits per heavy atom. The van der Waals surface area contributed by atoms with Crippen LogP contribution in [0.2, 0.25) is 0 Å². The van der Waals surface area contributed by atoms with Gasteiger partial charge < -0.3 is 0 Å². The fraction of sp³-hybridized carbons (Fsp3) is 0.294. The molecule has 0 fully saturated rings. The number of hydrogen-bond donors (Lipinski definition) is 0. The van der Waals surface area contributed by atoms with E-state index in [2.05, 4.69) is 42.5 Å². The first kappa shape index (κ1) is 9.47. The van der Waals surface area contributed by atoms with Gasteiger partial charge in [0.25, 0.3) is 0 Å². The molecule has 0 saturated carbocycles. The molecule has 0 amide bonds. The molecular weight excluding hydrogens is 204 g/mol. The summed E-state index contributed by atoms with van der Waals surface area (Å²) < 4.78 is 0. The second-order valence-electron chi connectivity index (χ2n) is 5.33. The predicted octanol–water partition coefficient (Wildman–Crippen LogP) is 4.33. The Balaban J connectivity index is 2.04. The molecule has 4 rings (SSSR count). The molecule has 2 aliphatic carbocycles. The molecule has 0 heteroatoms. The molecule has 0 heterocycles. The lowest BCUT2D eigenvalue weighted by Gasteiger charge is -2.33. The summed E-state index contributed by atoms with van der Waals surface area (Å²) in [6.07, 6.45) is 5.27. The monoisotopic (exact) mass is 220 g/mol. The highest BCUT2D eigenvalue weighted by molar-refractivity contribution is 5.75. The van der Waals surface area contributed by atoms with E-state index < -0.39 is 0 Å². The van der Waals surface area contributed by atoms with Gasteiger partial charge in [-0.05, 0) is 59.4 Å². The minimum Gasteiger partial charge on any atom is -0.0620 e. The predicted molar refractivity (Wildman–Crippen MR) is 71.3 cm³/mol. The maximum absolute atomic E-state index is 2.33. The molecule has 17 heavy (non-hydrogen) atoms. The molecule has 1 atom stereocenters. The maximum Gasteiger partial charge on any atom is -0.0112 e. The second kappa shape index (κ2) is 3.46. The summed E-state index contributed by atoms with van der Waals surface area (Å²) in [5, 5.41) is 0. The molecule has 0 bridgehead atoms. The van der Waals surface area contributed by atoms with Crippen LogP contribution in [-0.2, 0) is 12.8 Å². The Morgan fingerprint density at radius 3 is 2.65 bits per heavy atom. The van der Waals surface area contributed by atoms with Crippen molar-refractivity contribution in [1.82, 2.24) is 0 Å².